The molecule has 98 valence electrons. The van der Waals surface area contributed by atoms with Crippen LogP contribution in [-0.4, -0.2) is 5.84 Å². The zero-order valence-corrected chi connectivity index (χ0v) is 12.0. The summed E-state index contributed by atoms with van der Waals surface area (Å²) in [5, 5.41) is 7.33. The molecule has 0 amide bonds. The van der Waals surface area contributed by atoms with E-state index in [0.29, 0.717) is 14.9 Å². The molecule has 3 N–H and O–H groups in total. The van der Waals surface area contributed by atoms with Crippen molar-refractivity contribution in [3.8, 4) is 0 Å². The van der Waals surface area contributed by atoms with Crippen LogP contribution in [0, 0.1) is 17.0 Å². The molecule has 0 saturated heterocycles. The van der Waals surface area contributed by atoms with Crippen LogP contribution in [0.1, 0.15) is 5.56 Å². The molecule has 0 bridgehead atoms. The van der Waals surface area contributed by atoms with E-state index in [-0.39, 0.29) is 5.84 Å². The molecule has 2 rings (SSSR count). The van der Waals surface area contributed by atoms with Gasteiger partial charge in [0.2, 0.25) is 0 Å². The molecule has 0 radical (unpaired) electrons. The summed E-state index contributed by atoms with van der Waals surface area (Å²) in [5.74, 6) is -1.24. The van der Waals surface area contributed by atoms with Gasteiger partial charge >= 0.3 is 0 Å². The third kappa shape index (κ3) is 3.33. The standard InChI is InChI=1S/C13H9BrF2N2S/c14-9-5-7(13(17)18)1-3-11(9)19-12-4-2-8(15)6-10(12)16/h1-6H,(H3,17,18). The van der Waals surface area contributed by atoms with E-state index in [1.165, 1.54) is 23.9 Å². The SMILES string of the molecule is N=C(N)c1ccc(Sc2ccc(F)cc2F)c(Br)c1. The number of nitrogens with two attached hydrogens (primary N) is 1. The first kappa shape index (κ1) is 14.0. The predicted molar refractivity (Wildman–Crippen MR) is 75.6 cm³/mol. The van der Waals surface area contributed by atoms with Crippen molar-refractivity contribution in [1.29, 1.82) is 5.41 Å². The lowest BCUT2D eigenvalue weighted by Gasteiger charge is -2.07. The first-order valence-electron chi connectivity index (χ1n) is 5.24. The molecular formula is C13H9BrF2N2S. The van der Waals surface area contributed by atoms with Gasteiger partial charge in [0.1, 0.15) is 17.5 Å². The minimum atomic E-state index is -0.604. The monoisotopic (exact) mass is 342 g/mol. The van der Waals surface area contributed by atoms with E-state index in [4.69, 9.17) is 11.1 Å². The highest BCUT2D eigenvalue weighted by molar-refractivity contribution is 9.10. The smallest absolute Gasteiger partial charge is 0.140 e. The topological polar surface area (TPSA) is 49.9 Å². The molecule has 0 atom stereocenters. The molecule has 0 spiro atoms. The highest BCUT2D eigenvalue weighted by Crippen LogP contribution is 2.35. The minimum Gasteiger partial charge on any atom is -0.384 e. The van der Waals surface area contributed by atoms with Crippen molar-refractivity contribution in [1.82, 2.24) is 0 Å². The van der Waals surface area contributed by atoms with Crippen molar-refractivity contribution in [2.45, 2.75) is 9.79 Å². The second-order valence-corrected chi connectivity index (χ2v) is 5.67. The van der Waals surface area contributed by atoms with E-state index < -0.39 is 11.6 Å². The van der Waals surface area contributed by atoms with Gasteiger partial charge in [-0.05, 0) is 40.2 Å². The quantitative estimate of drug-likeness (QED) is 0.649. The number of hydrogen-bond donors (Lipinski definition) is 2. The molecule has 0 fully saturated rings. The van der Waals surface area contributed by atoms with E-state index >= 15 is 0 Å². The summed E-state index contributed by atoms with van der Waals surface area (Å²) in [5.41, 5.74) is 5.96. The van der Waals surface area contributed by atoms with Crippen molar-refractivity contribution >= 4 is 33.5 Å². The average Bonchev–Trinajstić information content (AvgIpc) is 2.34. The van der Waals surface area contributed by atoms with E-state index in [2.05, 4.69) is 15.9 Å². The van der Waals surface area contributed by atoms with Crippen LogP contribution in [0.3, 0.4) is 0 Å². The van der Waals surface area contributed by atoms with Crippen LogP contribution in [0.4, 0.5) is 8.78 Å². The molecule has 0 aliphatic heterocycles. The average molecular weight is 343 g/mol. The van der Waals surface area contributed by atoms with Crippen molar-refractivity contribution in [3.63, 3.8) is 0 Å². The molecule has 2 aromatic carbocycles. The number of nitrogen functional groups attached to an aromatic ring is 1. The Morgan fingerprint density at radius 3 is 2.37 bits per heavy atom. The molecule has 0 saturated carbocycles. The Kier molecular flexibility index (Phi) is 4.21. The van der Waals surface area contributed by atoms with E-state index in [1.807, 2.05) is 0 Å². The molecular weight excluding hydrogens is 334 g/mol. The minimum absolute atomic E-state index is 0.0368. The van der Waals surface area contributed by atoms with Crippen LogP contribution >= 0.6 is 27.7 Å². The molecule has 0 aliphatic carbocycles. The van der Waals surface area contributed by atoms with Gasteiger partial charge in [-0.3, -0.25) is 5.41 Å². The maximum atomic E-state index is 13.5. The fourth-order valence-corrected chi connectivity index (χ4v) is 2.87. The van der Waals surface area contributed by atoms with E-state index in [1.54, 1.807) is 18.2 Å². The van der Waals surface area contributed by atoms with Crippen LogP contribution in [0.5, 0.6) is 0 Å². The van der Waals surface area contributed by atoms with Crippen molar-refractivity contribution in [2.75, 3.05) is 0 Å². The highest BCUT2D eigenvalue weighted by atomic mass is 79.9. The lowest BCUT2D eigenvalue weighted by Crippen LogP contribution is -2.10. The van der Waals surface area contributed by atoms with Gasteiger partial charge in [0.15, 0.2) is 0 Å². The van der Waals surface area contributed by atoms with Gasteiger partial charge < -0.3 is 5.73 Å². The lowest BCUT2D eigenvalue weighted by atomic mass is 10.2. The summed E-state index contributed by atoms with van der Waals surface area (Å²) in [6.45, 7) is 0. The van der Waals surface area contributed by atoms with Crippen LogP contribution in [-0.2, 0) is 0 Å². The summed E-state index contributed by atoms with van der Waals surface area (Å²) in [4.78, 5) is 1.09. The second kappa shape index (κ2) is 5.71. The van der Waals surface area contributed by atoms with Crippen LogP contribution in [0.2, 0.25) is 0 Å². The Hall–Kier alpha value is -1.40. The Morgan fingerprint density at radius 2 is 1.79 bits per heavy atom. The number of nitrogens with one attached hydrogen (secondary N) is 1. The zero-order valence-electron chi connectivity index (χ0n) is 9.58. The largest absolute Gasteiger partial charge is 0.384 e. The first-order valence-corrected chi connectivity index (χ1v) is 6.85. The first-order chi connectivity index (χ1) is 8.97. The van der Waals surface area contributed by atoms with Gasteiger partial charge in [0.05, 0.1) is 0 Å². The van der Waals surface area contributed by atoms with Crippen molar-refractivity contribution in [2.24, 2.45) is 5.73 Å². The van der Waals surface area contributed by atoms with Gasteiger partial charge in [-0.2, -0.15) is 0 Å². The fraction of sp³-hybridized carbons (Fsp3) is 0. The fourth-order valence-electron chi connectivity index (χ4n) is 1.43. The molecule has 0 heterocycles. The third-order valence-corrected chi connectivity index (χ3v) is 4.40. The number of rotatable bonds is 3. The van der Waals surface area contributed by atoms with Gasteiger partial charge in [-0.15, -0.1) is 0 Å². The molecule has 0 unspecified atom stereocenters. The maximum Gasteiger partial charge on any atom is 0.140 e. The summed E-state index contributed by atoms with van der Waals surface area (Å²) in [6.07, 6.45) is 0. The Bertz CT molecular complexity index is 647. The van der Waals surface area contributed by atoms with E-state index in [9.17, 15) is 8.78 Å². The van der Waals surface area contributed by atoms with Crippen LogP contribution < -0.4 is 5.73 Å². The van der Waals surface area contributed by atoms with Gasteiger partial charge in [0.25, 0.3) is 0 Å². The van der Waals surface area contributed by atoms with E-state index in [0.717, 1.165) is 11.0 Å². The predicted octanol–water partition coefficient (Wildman–Crippen LogP) is 4.16. The Balaban J connectivity index is 2.31. The summed E-state index contributed by atoms with van der Waals surface area (Å²) in [7, 11) is 0. The molecule has 6 heteroatoms. The third-order valence-electron chi connectivity index (χ3n) is 2.36. The second-order valence-electron chi connectivity index (χ2n) is 3.74. The van der Waals surface area contributed by atoms with Crippen LogP contribution in [0.15, 0.2) is 50.7 Å². The molecule has 2 nitrogen and oxygen atoms in total. The number of hydrogen-bond acceptors (Lipinski definition) is 2. The zero-order chi connectivity index (χ0) is 14.0. The number of halogens is 3. The molecule has 2 aromatic rings. The van der Waals surface area contributed by atoms with Crippen LogP contribution in [0.25, 0.3) is 0 Å². The highest BCUT2D eigenvalue weighted by Gasteiger charge is 2.09. The molecule has 19 heavy (non-hydrogen) atoms. The summed E-state index contributed by atoms with van der Waals surface area (Å²) in [6, 6.07) is 8.54. The van der Waals surface area contributed by atoms with Crippen molar-refractivity contribution in [3.05, 3.63) is 58.1 Å². The normalized spacial score (nSPS) is 10.5. The Labute approximate surface area is 121 Å². The number of amidine groups is 1. The van der Waals surface area contributed by atoms with Crippen molar-refractivity contribution < 1.29 is 8.78 Å². The van der Waals surface area contributed by atoms with Gasteiger partial charge in [0, 0.05) is 25.9 Å². The summed E-state index contributed by atoms with van der Waals surface area (Å²) >= 11 is 4.51. The lowest BCUT2D eigenvalue weighted by molar-refractivity contribution is 0.565. The number of benzene rings is 2. The Morgan fingerprint density at radius 1 is 1.11 bits per heavy atom. The summed E-state index contributed by atoms with van der Waals surface area (Å²) < 4.78 is 27.1. The maximum absolute atomic E-state index is 13.5. The molecule has 0 aliphatic rings. The van der Waals surface area contributed by atoms with Gasteiger partial charge in [-0.25, -0.2) is 8.78 Å². The molecule has 0 aromatic heterocycles. The van der Waals surface area contributed by atoms with Gasteiger partial charge in [-0.1, -0.05) is 17.8 Å².